The summed E-state index contributed by atoms with van der Waals surface area (Å²) in [7, 11) is -1.57. The summed E-state index contributed by atoms with van der Waals surface area (Å²) in [6, 6.07) is 23.6. The van der Waals surface area contributed by atoms with E-state index in [9.17, 15) is 8.60 Å². The van der Waals surface area contributed by atoms with Gasteiger partial charge in [0.25, 0.3) is 0 Å². The van der Waals surface area contributed by atoms with Crippen LogP contribution in [0.5, 0.6) is 5.75 Å². The van der Waals surface area contributed by atoms with Crippen LogP contribution in [0.25, 0.3) is 33.3 Å². The molecule has 0 saturated heterocycles. The molecule has 0 aliphatic carbocycles. The summed E-state index contributed by atoms with van der Waals surface area (Å²) < 4.78 is 31.9. The molecule has 5 nitrogen and oxygen atoms in total. The number of H-pyrrole nitrogens is 1. The summed E-state index contributed by atoms with van der Waals surface area (Å²) in [5, 5.41) is 6.41. The zero-order chi connectivity index (χ0) is 22.8. The number of nitrogens with one attached hydrogen (secondary N) is 1. The molecular weight excluding hydrogens is 437 g/mol. The first kappa shape index (κ1) is 21.1. The van der Waals surface area contributed by atoms with E-state index in [0.717, 1.165) is 27.6 Å². The smallest absolute Gasteiger partial charge is 0.137 e. The molecule has 3 aromatic carbocycles. The van der Waals surface area contributed by atoms with Gasteiger partial charge in [-0.1, -0.05) is 42.5 Å². The average Bonchev–Trinajstić information content (AvgIpc) is 3.26. The van der Waals surface area contributed by atoms with Gasteiger partial charge in [0.05, 0.1) is 4.90 Å². The average molecular weight is 458 g/mol. The number of fused-ring (bicyclic) bond motifs is 1. The summed E-state index contributed by atoms with van der Waals surface area (Å²) in [5.41, 5.74) is 4.88. The third-order valence-electron chi connectivity index (χ3n) is 5.36. The third kappa shape index (κ3) is 4.55. The summed E-state index contributed by atoms with van der Waals surface area (Å²) in [6.45, 7) is 0.349. The fraction of sp³-hybridized carbons (Fsp3) is 0.0385. The molecule has 2 aromatic heterocycles. The fourth-order valence-electron chi connectivity index (χ4n) is 3.74. The number of rotatable bonds is 6. The molecule has 0 aliphatic rings. The van der Waals surface area contributed by atoms with Crippen molar-refractivity contribution < 1.29 is 13.3 Å². The van der Waals surface area contributed by atoms with Gasteiger partial charge in [0.2, 0.25) is 0 Å². The van der Waals surface area contributed by atoms with E-state index in [1.807, 2.05) is 54.7 Å². The number of nitrogens with two attached hydrogens (primary N) is 1. The predicted molar refractivity (Wildman–Crippen MR) is 128 cm³/mol. The molecule has 3 N–H and O–H groups in total. The van der Waals surface area contributed by atoms with Crippen molar-refractivity contribution in [3.63, 3.8) is 0 Å². The second-order valence-electron chi connectivity index (χ2n) is 7.60. The number of halogens is 1. The van der Waals surface area contributed by atoms with E-state index in [1.165, 1.54) is 12.1 Å². The van der Waals surface area contributed by atoms with Crippen molar-refractivity contribution >= 4 is 22.0 Å². The number of nitrogens with zero attached hydrogens (tertiary/aromatic N) is 1. The van der Waals surface area contributed by atoms with Gasteiger partial charge < -0.3 is 9.72 Å². The van der Waals surface area contributed by atoms with Gasteiger partial charge in [-0.15, -0.1) is 0 Å². The standard InChI is InChI=1S/C26H20FN3O2S/c27-21-9-19(10-22(13-21)32-16-17-5-2-1-3-6-17)20-12-24-25(15-30-26(24)29-14-20)18-7-4-8-23(11-18)33(28)31/h1-15H,16,28H2,(H,29,30). The molecular formula is C26H20FN3O2S. The lowest BCUT2D eigenvalue weighted by molar-refractivity contribution is 0.305. The monoisotopic (exact) mass is 457 g/mol. The molecule has 0 aliphatic heterocycles. The molecule has 1 unspecified atom stereocenters. The minimum absolute atomic E-state index is 0.349. The Morgan fingerprint density at radius 3 is 2.61 bits per heavy atom. The van der Waals surface area contributed by atoms with Crippen LogP contribution in [-0.4, -0.2) is 14.2 Å². The first-order valence-corrected chi connectivity index (χ1v) is 11.5. The van der Waals surface area contributed by atoms with Gasteiger partial charge in [0.15, 0.2) is 0 Å². The number of pyridine rings is 1. The minimum atomic E-state index is -1.57. The summed E-state index contributed by atoms with van der Waals surface area (Å²) >= 11 is 0. The Morgan fingerprint density at radius 1 is 0.939 bits per heavy atom. The molecule has 0 saturated carbocycles. The van der Waals surface area contributed by atoms with Gasteiger partial charge in [0.1, 0.15) is 34.8 Å². The molecule has 0 bridgehead atoms. The lowest BCUT2D eigenvalue weighted by Gasteiger charge is -2.10. The van der Waals surface area contributed by atoms with Crippen molar-refractivity contribution in [1.82, 2.24) is 9.97 Å². The van der Waals surface area contributed by atoms with Crippen LogP contribution in [0.3, 0.4) is 0 Å². The molecule has 5 aromatic rings. The van der Waals surface area contributed by atoms with Crippen molar-refractivity contribution in [2.24, 2.45) is 5.14 Å². The molecule has 33 heavy (non-hydrogen) atoms. The summed E-state index contributed by atoms with van der Waals surface area (Å²) in [6.07, 6.45) is 3.55. The van der Waals surface area contributed by atoms with Crippen LogP contribution in [0.15, 0.2) is 96.2 Å². The van der Waals surface area contributed by atoms with Gasteiger partial charge in [0, 0.05) is 35.0 Å². The maximum absolute atomic E-state index is 14.4. The zero-order valence-electron chi connectivity index (χ0n) is 17.5. The van der Waals surface area contributed by atoms with Gasteiger partial charge in [-0.3, -0.25) is 0 Å². The number of ether oxygens (including phenoxy) is 1. The Labute approximate surface area is 192 Å². The SMILES string of the molecule is NS(=O)c1cccc(-c2c[nH]c3ncc(-c4cc(F)cc(OCc5ccccc5)c4)cc23)c1. The van der Waals surface area contributed by atoms with Crippen LogP contribution >= 0.6 is 0 Å². The van der Waals surface area contributed by atoms with E-state index in [0.29, 0.717) is 28.5 Å². The Hall–Kier alpha value is -3.81. The van der Waals surface area contributed by atoms with Gasteiger partial charge in [-0.2, -0.15) is 0 Å². The number of hydrogen-bond donors (Lipinski definition) is 2. The molecule has 0 amide bonds. The second-order valence-corrected chi connectivity index (χ2v) is 8.66. The highest BCUT2D eigenvalue weighted by Gasteiger charge is 2.12. The Bertz CT molecular complexity index is 1470. The van der Waals surface area contributed by atoms with Crippen molar-refractivity contribution in [2.75, 3.05) is 0 Å². The van der Waals surface area contributed by atoms with Crippen LogP contribution in [0.1, 0.15) is 5.56 Å². The maximum Gasteiger partial charge on any atom is 0.137 e. The predicted octanol–water partition coefficient (Wildman–Crippen LogP) is 5.60. The van der Waals surface area contributed by atoms with Gasteiger partial charge in [-0.05, 0) is 47.0 Å². The Morgan fingerprint density at radius 2 is 1.79 bits per heavy atom. The zero-order valence-corrected chi connectivity index (χ0v) is 18.3. The largest absolute Gasteiger partial charge is 0.489 e. The number of aromatic nitrogens is 2. The first-order valence-electron chi connectivity index (χ1n) is 10.3. The van der Waals surface area contributed by atoms with E-state index < -0.39 is 11.0 Å². The highest BCUT2D eigenvalue weighted by Crippen LogP contribution is 2.33. The van der Waals surface area contributed by atoms with Crippen LogP contribution in [0.2, 0.25) is 0 Å². The molecule has 7 heteroatoms. The quantitative estimate of drug-likeness (QED) is 0.348. The van der Waals surface area contributed by atoms with E-state index in [2.05, 4.69) is 9.97 Å². The lowest BCUT2D eigenvalue weighted by atomic mass is 10.0. The lowest BCUT2D eigenvalue weighted by Crippen LogP contribution is -2.02. The topological polar surface area (TPSA) is 81.0 Å². The molecule has 1 atom stereocenters. The molecule has 164 valence electrons. The fourth-order valence-corrected chi connectivity index (χ4v) is 4.20. The van der Waals surface area contributed by atoms with Crippen molar-refractivity contribution in [3.05, 3.63) is 103 Å². The molecule has 0 radical (unpaired) electrons. The second kappa shape index (κ2) is 8.97. The molecule has 0 fully saturated rings. The molecule has 2 heterocycles. The Balaban J connectivity index is 1.50. The normalized spacial score (nSPS) is 12.1. The number of hydrogen-bond acceptors (Lipinski definition) is 3. The van der Waals surface area contributed by atoms with Crippen molar-refractivity contribution in [2.45, 2.75) is 11.5 Å². The van der Waals surface area contributed by atoms with Crippen molar-refractivity contribution in [3.8, 4) is 28.0 Å². The summed E-state index contributed by atoms with van der Waals surface area (Å²) in [5.74, 6) is 0.0597. The highest BCUT2D eigenvalue weighted by atomic mass is 32.2. The van der Waals surface area contributed by atoms with Gasteiger partial charge in [-0.25, -0.2) is 18.7 Å². The third-order valence-corrected chi connectivity index (χ3v) is 6.08. The maximum atomic E-state index is 14.4. The summed E-state index contributed by atoms with van der Waals surface area (Å²) in [4.78, 5) is 8.21. The van der Waals surface area contributed by atoms with E-state index in [-0.39, 0.29) is 5.82 Å². The van der Waals surface area contributed by atoms with Crippen molar-refractivity contribution in [1.29, 1.82) is 0 Å². The number of benzene rings is 3. The van der Waals surface area contributed by atoms with Crippen LogP contribution in [0, 0.1) is 5.82 Å². The van der Waals surface area contributed by atoms with Gasteiger partial charge >= 0.3 is 0 Å². The first-order chi connectivity index (χ1) is 16.1. The van der Waals surface area contributed by atoms with Crippen LogP contribution in [-0.2, 0) is 17.6 Å². The molecule has 5 rings (SSSR count). The van der Waals surface area contributed by atoms with E-state index in [4.69, 9.17) is 9.88 Å². The minimum Gasteiger partial charge on any atom is -0.489 e. The Kier molecular flexibility index (Phi) is 5.73. The van der Waals surface area contributed by atoms with E-state index >= 15 is 0 Å². The highest BCUT2D eigenvalue weighted by molar-refractivity contribution is 7.82. The van der Waals surface area contributed by atoms with Crippen LogP contribution in [0.4, 0.5) is 4.39 Å². The van der Waals surface area contributed by atoms with Crippen LogP contribution < -0.4 is 9.88 Å². The number of aromatic amines is 1. The molecule has 0 spiro atoms. The van der Waals surface area contributed by atoms with E-state index in [1.54, 1.807) is 24.4 Å².